The smallest absolute Gasteiger partial charge is 0.309 e. The van der Waals surface area contributed by atoms with Gasteiger partial charge in [-0.15, -0.1) is 0 Å². The zero-order chi connectivity index (χ0) is 29.9. The highest BCUT2D eigenvalue weighted by Crippen LogP contribution is 2.45. The molecule has 4 aliphatic rings. The van der Waals surface area contributed by atoms with Crippen molar-refractivity contribution >= 4 is 23.9 Å². The third-order valence-corrected chi connectivity index (χ3v) is 9.01. The van der Waals surface area contributed by atoms with E-state index in [9.17, 15) is 19.2 Å². The Morgan fingerprint density at radius 3 is 0.976 bits per heavy atom. The minimum Gasteiger partial charge on any atom is -0.465 e. The molecule has 238 valence electrons. The van der Waals surface area contributed by atoms with E-state index in [0.29, 0.717) is 51.7 Å². The lowest BCUT2D eigenvalue weighted by molar-refractivity contribution is -0.162. The first-order valence-electron chi connectivity index (χ1n) is 16.4. The first-order valence-corrected chi connectivity index (χ1v) is 16.4. The molecule has 10 nitrogen and oxygen atoms in total. The number of epoxide rings is 2. The number of ether oxygens (including phenoxy) is 6. The van der Waals surface area contributed by atoms with E-state index in [1.54, 1.807) is 0 Å². The van der Waals surface area contributed by atoms with Crippen LogP contribution in [0.1, 0.15) is 104 Å². The van der Waals surface area contributed by atoms with Crippen LogP contribution in [-0.2, 0) is 47.6 Å². The molecule has 0 radical (unpaired) electrons. The van der Waals surface area contributed by atoms with Gasteiger partial charge in [0.05, 0.1) is 74.5 Å². The summed E-state index contributed by atoms with van der Waals surface area (Å²) in [5.41, 5.74) is 0. The molecule has 0 N–H and O–H groups in total. The van der Waals surface area contributed by atoms with Gasteiger partial charge in [0.25, 0.3) is 0 Å². The number of hydrogen-bond acceptors (Lipinski definition) is 10. The predicted molar refractivity (Wildman–Crippen MR) is 151 cm³/mol. The molecule has 0 bridgehead atoms. The number of hydrogen-bond donors (Lipinski definition) is 0. The summed E-state index contributed by atoms with van der Waals surface area (Å²) >= 11 is 0. The highest BCUT2D eigenvalue weighted by atomic mass is 16.6. The van der Waals surface area contributed by atoms with Gasteiger partial charge in [0, 0.05) is 0 Å². The molecule has 4 rings (SSSR count). The van der Waals surface area contributed by atoms with E-state index in [1.165, 1.54) is 0 Å². The molecule has 0 aromatic heterocycles. The van der Waals surface area contributed by atoms with Crippen molar-refractivity contribution in [3.05, 3.63) is 0 Å². The van der Waals surface area contributed by atoms with Crippen LogP contribution in [0.15, 0.2) is 0 Å². The van der Waals surface area contributed by atoms with Gasteiger partial charge >= 0.3 is 23.9 Å². The first-order chi connectivity index (χ1) is 20.4. The summed E-state index contributed by atoms with van der Waals surface area (Å²) in [6.07, 6.45) is 11.1. The molecule has 2 aliphatic carbocycles. The van der Waals surface area contributed by atoms with Crippen LogP contribution in [0.2, 0.25) is 0 Å². The molecule has 0 spiro atoms. The lowest BCUT2D eigenvalue weighted by Gasteiger charge is -2.26. The quantitative estimate of drug-likeness (QED) is 0.0899. The number of fused-ring (bicyclic) bond motifs is 2. The van der Waals surface area contributed by atoms with Crippen molar-refractivity contribution in [2.24, 2.45) is 23.7 Å². The molecular weight excluding hydrogens is 544 g/mol. The molecule has 2 heterocycles. The van der Waals surface area contributed by atoms with Gasteiger partial charge in [0.15, 0.2) is 0 Å². The standard InChI is InChI=1S/C32H50O10/c1-3-5-9-13-37-29(33)21-17-25-27(41-25)19-23(21)31(35)39-15-11-7-8-12-16-40-32(36)24-20-28-26(42-28)18-22(24)30(34)38-14-10-6-4-2/h21-28H,3-20H2,1-2H3. The second-order valence-electron chi connectivity index (χ2n) is 12.3. The molecule has 0 aromatic rings. The fraction of sp³-hybridized carbons (Fsp3) is 0.875. The van der Waals surface area contributed by atoms with E-state index in [0.717, 1.165) is 51.4 Å². The predicted octanol–water partition coefficient (Wildman–Crippen LogP) is 4.69. The van der Waals surface area contributed by atoms with Crippen LogP contribution in [0.4, 0.5) is 0 Å². The monoisotopic (exact) mass is 594 g/mol. The second-order valence-corrected chi connectivity index (χ2v) is 12.3. The van der Waals surface area contributed by atoms with Crippen molar-refractivity contribution in [2.45, 2.75) is 128 Å². The van der Waals surface area contributed by atoms with Gasteiger partial charge in [-0.05, 0) is 64.2 Å². The SMILES string of the molecule is CCCCCOC(=O)C1CC2OC2CC1C(=O)OCCCCCCOC(=O)C1CC2OC2CC1C(=O)OCCCCC. The van der Waals surface area contributed by atoms with E-state index in [4.69, 9.17) is 28.4 Å². The molecule has 0 amide bonds. The molecule has 4 fully saturated rings. The molecular formula is C32H50O10. The fourth-order valence-electron chi connectivity index (χ4n) is 6.27. The zero-order valence-corrected chi connectivity index (χ0v) is 25.4. The Balaban J connectivity index is 1.08. The fourth-order valence-corrected chi connectivity index (χ4v) is 6.27. The van der Waals surface area contributed by atoms with E-state index in [1.807, 2.05) is 0 Å². The summed E-state index contributed by atoms with van der Waals surface area (Å²) in [6, 6.07) is 0. The minimum atomic E-state index is -0.514. The van der Waals surface area contributed by atoms with Gasteiger partial charge in [0.2, 0.25) is 0 Å². The van der Waals surface area contributed by atoms with Crippen LogP contribution in [-0.4, -0.2) is 74.7 Å². The maximum absolute atomic E-state index is 12.8. The maximum atomic E-state index is 12.8. The van der Waals surface area contributed by atoms with Crippen LogP contribution in [0, 0.1) is 23.7 Å². The average Bonchev–Trinajstić information content (AvgIpc) is 3.92. The number of carbonyl (C=O) groups is 4. The summed E-state index contributed by atoms with van der Waals surface area (Å²) in [7, 11) is 0. The Bertz CT molecular complexity index is 834. The van der Waals surface area contributed by atoms with E-state index in [-0.39, 0.29) is 61.5 Å². The molecule has 2 saturated heterocycles. The van der Waals surface area contributed by atoms with Crippen LogP contribution < -0.4 is 0 Å². The van der Waals surface area contributed by atoms with Gasteiger partial charge in [0.1, 0.15) is 0 Å². The van der Waals surface area contributed by atoms with Gasteiger partial charge in [-0.25, -0.2) is 0 Å². The third-order valence-electron chi connectivity index (χ3n) is 9.01. The highest BCUT2D eigenvalue weighted by Gasteiger charge is 2.54. The van der Waals surface area contributed by atoms with E-state index >= 15 is 0 Å². The lowest BCUT2D eigenvalue weighted by Crippen LogP contribution is -2.38. The Kier molecular flexibility index (Phi) is 12.9. The zero-order valence-electron chi connectivity index (χ0n) is 25.4. The number of rotatable bonds is 19. The Morgan fingerprint density at radius 2 is 0.714 bits per heavy atom. The lowest BCUT2D eigenvalue weighted by atomic mass is 9.79. The Hall–Kier alpha value is -2.20. The molecule has 10 heteroatoms. The van der Waals surface area contributed by atoms with Crippen LogP contribution >= 0.6 is 0 Å². The molecule has 42 heavy (non-hydrogen) atoms. The van der Waals surface area contributed by atoms with E-state index < -0.39 is 23.7 Å². The van der Waals surface area contributed by atoms with Crippen molar-refractivity contribution in [3.8, 4) is 0 Å². The normalized spacial score (nSPS) is 30.8. The van der Waals surface area contributed by atoms with Crippen molar-refractivity contribution < 1.29 is 47.6 Å². The van der Waals surface area contributed by atoms with E-state index in [2.05, 4.69) is 13.8 Å². The maximum Gasteiger partial charge on any atom is 0.309 e. The average molecular weight is 595 g/mol. The summed E-state index contributed by atoms with van der Waals surface area (Å²) in [4.78, 5) is 50.9. The highest BCUT2D eigenvalue weighted by molar-refractivity contribution is 5.83. The number of carbonyl (C=O) groups excluding carboxylic acids is 4. The number of unbranched alkanes of at least 4 members (excludes halogenated alkanes) is 7. The van der Waals surface area contributed by atoms with Crippen molar-refractivity contribution in [2.75, 3.05) is 26.4 Å². The molecule has 8 atom stereocenters. The molecule has 8 unspecified atom stereocenters. The summed E-state index contributed by atoms with van der Waals surface area (Å²) in [6.45, 7) is 5.53. The first kappa shape index (κ1) is 32.7. The molecule has 2 aliphatic heterocycles. The third kappa shape index (κ3) is 9.66. The molecule has 0 aromatic carbocycles. The second kappa shape index (κ2) is 16.6. The van der Waals surface area contributed by atoms with Crippen LogP contribution in [0.25, 0.3) is 0 Å². The van der Waals surface area contributed by atoms with Crippen molar-refractivity contribution in [1.29, 1.82) is 0 Å². The van der Waals surface area contributed by atoms with Crippen molar-refractivity contribution in [1.82, 2.24) is 0 Å². The van der Waals surface area contributed by atoms with Gasteiger partial charge < -0.3 is 28.4 Å². The van der Waals surface area contributed by atoms with Crippen molar-refractivity contribution in [3.63, 3.8) is 0 Å². The summed E-state index contributed by atoms with van der Waals surface area (Å²) in [5, 5.41) is 0. The molecule has 2 saturated carbocycles. The van der Waals surface area contributed by atoms with Crippen LogP contribution in [0.5, 0.6) is 0 Å². The Labute approximate surface area is 249 Å². The Morgan fingerprint density at radius 1 is 0.452 bits per heavy atom. The largest absolute Gasteiger partial charge is 0.465 e. The van der Waals surface area contributed by atoms with Gasteiger partial charge in [-0.1, -0.05) is 39.5 Å². The topological polar surface area (TPSA) is 130 Å². The summed E-state index contributed by atoms with van der Waals surface area (Å²) in [5.74, 6) is -3.35. The minimum absolute atomic E-state index is 0.0490. The van der Waals surface area contributed by atoms with Gasteiger partial charge in [-0.3, -0.25) is 19.2 Å². The van der Waals surface area contributed by atoms with Crippen LogP contribution in [0.3, 0.4) is 0 Å². The van der Waals surface area contributed by atoms with Gasteiger partial charge in [-0.2, -0.15) is 0 Å². The summed E-state index contributed by atoms with van der Waals surface area (Å²) < 4.78 is 33.2. The number of esters is 4.